The van der Waals surface area contributed by atoms with Crippen LogP contribution in [-0.4, -0.2) is 4.98 Å². The molecule has 0 unspecified atom stereocenters. The van der Waals surface area contributed by atoms with Gasteiger partial charge >= 0.3 is 0 Å². The molecule has 0 spiro atoms. The molecule has 0 aliphatic carbocycles. The van der Waals surface area contributed by atoms with Crippen LogP contribution < -0.4 is 5.73 Å². The number of pyridine rings is 1. The van der Waals surface area contributed by atoms with E-state index in [9.17, 15) is 4.39 Å². The van der Waals surface area contributed by atoms with Crippen molar-refractivity contribution in [2.24, 2.45) is 0 Å². The highest BCUT2D eigenvalue weighted by atomic mass is 19.1. The third kappa shape index (κ3) is 2.46. The van der Waals surface area contributed by atoms with Gasteiger partial charge in [0.2, 0.25) is 5.95 Å². The Balaban J connectivity index is 2.89. The van der Waals surface area contributed by atoms with Gasteiger partial charge in [-0.05, 0) is 6.07 Å². The van der Waals surface area contributed by atoms with E-state index in [-0.39, 0.29) is 12.1 Å². The highest BCUT2D eigenvalue weighted by molar-refractivity contribution is 5.45. The van der Waals surface area contributed by atoms with Crippen molar-refractivity contribution in [3.05, 3.63) is 23.8 Å². The lowest BCUT2D eigenvalue weighted by atomic mass is 10.2. The lowest BCUT2D eigenvalue weighted by molar-refractivity contribution is 0.588. The zero-order valence-corrected chi connectivity index (χ0v) is 6.71. The van der Waals surface area contributed by atoms with Crippen LogP contribution in [0.2, 0.25) is 0 Å². The zero-order valence-electron chi connectivity index (χ0n) is 6.71. The number of aromatic nitrogens is 1. The van der Waals surface area contributed by atoms with Crippen molar-refractivity contribution >= 4 is 5.69 Å². The molecule has 1 rings (SSSR count). The fourth-order valence-electron chi connectivity index (χ4n) is 0.719. The average Bonchev–Trinajstić information content (AvgIpc) is 2.12. The Morgan fingerprint density at radius 2 is 2.38 bits per heavy atom. The molecule has 0 aromatic carbocycles. The molecule has 64 valence electrons. The summed E-state index contributed by atoms with van der Waals surface area (Å²) in [5.41, 5.74) is 5.72. The van der Waals surface area contributed by atoms with Crippen molar-refractivity contribution in [3.63, 3.8) is 0 Å². The molecule has 1 heterocycles. The maximum atomic E-state index is 12.6. The molecule has 0 fully saturated rings. The zero-order chi connectivity index (χ0) is 9.68. The van der Waals surface area contributed by atoms with E-state index in [1.165, 1.54) is 12.3 Å². The van der Waals surface area contributed by atoms with E-state index in [1.54, 1.807) is 0 Å². The monoisotopic (exact) mass is 175 g/mol. The quantitative estimate of drug-likeness (QED) is 0.473. The number of anilines is 1. The van der Waals surface area contributed by atoms with Crippen LogP contribution in [-0.2, 0) is 0 Å². The largest absolute Gasteiger partial charge is 0.395 e. The second-order valence-corrected chi connectivity index (χ2v) is 2.24. The second kappa shape index (κ2) is 4.08. The molecular weight excluding hydrogens is 169 g/mol. The van der Waals surface area contributed by atoms with Crippen molar-refractivity contribution < 1.29 is 4.39 Å². The lowest BCUT2D eigenvalue weighted by Gasteiger charge is -1.94. The number of halogens is 1. The van der Waals surface area contributed by atoms with E-state index in [4.69, 9.17) is 11.0 Å². The fourth-order valence-corrected chi connectivity index (χ4v) is 0.719. The predicted octanol–water partition coefficient (Wildman–Crippen LogP) is 1.07. The van der Waals surface area contributed by atoms with Crippen LogP contribution in [0.5, 0.6) is 0 Å². The Labute approximate surface area is 75.0 Å². The summed E-state index contributed by atoms with van der Waals surface area (Å²) in [6.07, 6.45) is 1.41. The van der Waals surface area contributed by atoms with Crippen LogP contribution in [0.1, 0.15) is 12.0 Å². The molecule has 0 saturated carbocycles. The maximum absolute atomic E-state index is 12.6. The third-order valence-corrected chi connectivity index (χ3v) is 1.27. The van der Waals surface area contributed by atoms with E-state index < -0.39 is 5.95 Å². The van der Waals surface area contributed by atoms with Crippen LogP contribution in [0.25, 0.3) is 0 Å². The molecular formula is C9H6FN3. The summed E-state index contributed by atoms with van der Waals surface area (Å²) in [6.45, 7) is 0. The lowest BCUT2D eigenvalue weighted by Crippen LogP contribution is -1.94. The van der Waals surface area contributed by atoms with Gasteiger partial charge in [-0.1, -0.05) is 11.8 Å². The van der Waals surface area contributed by atoms with E-state index in [0.29, 0.717) is 5.56 Å². The summed E-state index contributed by atoms with van der Waals surface area (Å²) in [5.74, 6) is 4.50. The first kappa shape index (κ1) is 9.02. The predicted molar refractivity (Wildman–Crippen MR) is 45.7 cm³/mol. The summed E-state index contributed by atoms with van der Waals surface area (Å²) >= 11 is 0. The molecule has 1 aromatic rings. The highest BCUT2D eigenvalue weighted by Gasteiger charge is 1.97. The second-order valence-electron chi connectivity index (χ2n) is 2.24. The summed E-state index contributed by atoms with van der Waals surface area (Å²) in [4.78, 5) is 3.38. The standard InChI is InChI=1S/C9H6FN3/c10-9-8(12)5-7(6-13-9)3-1-2-4-11/h5-6H,2,12H2. The number of rotatable bonds is 0. The first-order chi connectivity index (χ1) is 6.24. The Kier molecular flexibility index (Phi) is 2.83. The third-order valence-electron chi connectivity index (χ3n) is 1.27. The number of nitrogens with zero attached hydrogens (tertiary/aromatic N) is 2. The molecule has 0 radical (unpaired) electrons. The van der Waals surface area contributed by atoms with E-state index in [2.05, 4.69) is 16.8 Å². The van der Waals surface area contributed by atoms with Gasteiger partial charge in [-0.25, -0.2) is 4.98 Å². The Morgan fingerprint density at radius 3 is 3.00 bits per heavy atom. The SMILES string of the molecule is N#CCC#Cc1cnc(F)c(N)c1. The molecule has 3 nitrogen and oxygen atoms in total. The number of nitrogen functional groups attached to an aromatic ring is 1. The molecule has 0 saturated heterocycles. The van der Waals surface area contributed by atoms with Crippen LogP contribution >= 0.6 is 0 Å². The van der Waals surface area contributed by atoms with Gasteiger partial charge in [0.25, 0.3) is 0 Å². The van der Waals surface area contributed by atoms with Gasteiger partial charge < -0.3 is 5.73 Å². The van der Waals surface area contributed by atoms with Crippen molar-refractivity contribution in [2.45, 2.75) is 6.42 Å². The molecule has 4 heteroatoms. The van der Waals surface area contributed by atoms with Crippen molar-refractivity contribution in [3.8, 4) is 17.9 Å². The molecule has 0 aliphatic rings. The van der Waals surface area contributed by atoms with E-state index in [0.717, 1.165) is 0 Å². The molecule has 2 N–H and O–H groups in total. The van der Waals surface area contributed by atoms with Crippen LogP contribution in [0.4, 0.5) is 10.1 Å². The molecule has 0 bridgehead atoms. The normalized spacial score (nSPS) is 8.31. The van der Waals surface area contributed by atoms with Crippen molar-refractivity contribution in [1.29, 1.82) is 5.26 Å². The first-order valence-corrected chi connectivity index (χ1v) is 3.51. The van der Waals surface area contributed by atoms with E-state index in [1.807, 2.05) is 6.07 Å². The summed E-state index contributed by atoms with van der Waals surface area (Å²) in [6, 6.07) is 3.25. The van der Waals surface area contributed by atoms with Crippen LogP contribution in [0.3, 0.4) is 0 Å². The summed E-state index contributed by atoms with van der Waals surface area (Å²) < 4.78 is 12.6. The van der Waals surface area contributed by atoms with Gasteiger partial charge in [0, 0.05) is 11.8 Å². The van der Waals surface area contributed by atoms with Crippen LogP contribution in [0, 0.1) is 29.1 Å². The summed E-state index contributed by atoms with van der Waals surface area (Å²) in [7, 11) is 0. The van der Waals surface area contributed by atoms with Crippen molar-refractivity contribution in [2.75, 3.05) is 5.73 Å². The Bertz CT molecular complexity index is 409. The molecule has 13 heavy (non-hydrogen) atoms. The van der Waals surface area contributed by atoms with Gasteiger partial charge in [0.05, 0.1) is 18.2 Å². The molecule has 0 atom stereocenters. The minimum atomic E-state index is -0.703. The van der Waals surface area contributed by atoms with Crippen molar-refractivity contribution in [1.82, 2.24) is 4.98 Å². The van der Waals surface area contributed by atoms with E-state index >= 15 is 0 Å². The van der Waals surface area contributed by atoms with Gasteiger partial charge in [-0.3, -0.25) is 0 Å². The number of hydrogen-bond donors (Lipinski definition) is 1. The smallest absolute Gasteiger partial charge is 0.236 e. The number of nitriles is 1. The average molecular weight is 175 g/mol. The van der Waals surface area contributed by atoms with Gasteiger partial charge in [0.15, 0.2) is 0 Å². The van der Waals surface area contributed by atoms with Gasteiger partial charge in [0.1, 0.15) is 0 Å². The van der Waals surface area contributed by atoms with Gasteiger partial charge in [-0.2, -0.15) is 9.65 Å². The Morgan fingerprint density at radius 1 is 1.62 bits per heavy atom. The minimum Gasteiger partial charge on any atom is -0.395 e. The summed E-state index contributed by atoms with van der Waals surface area (Å²) in [5, 5.41) is 8.19. The molecule has 1 aromatic heterocycles. The maximum Gasteiger partial charge on any atom is 0.236 e. The highest BCUT2D eigenvalue weighted by Crippen LogP contribution is 2.07. The topological polar surface area (TPSA) is 62.7 Å². The molecule has 0 amide bonds. The number of nitrogens with two attached hydrogens (primary N) is 1. The van der Waals surface area contributed by atoms with Crippen LogP contribution in [0.15, 0.2) is 12.3 Å². The minimum absolute atomic E-state index is 0.0382. The molecule has 0 aliphatic heterocycles. The Hall–Kier alpha value is -2.07. The number of hydrogen-bond acceptors (Lipinski definition) is 3. The first-order valence-electron chi connectivity index (χ1n) is 3.51. The fraction of sp³-hybridized carbons (Fsp3) is 0.111. The van der Waals surface area contributed by atoms with Gasteiger partial charge in [-0.15, -0.1) is 0 Å².